The van der Waals surface area contributed by atoms with E-state index in [1.807, 2.05) is 0 Å². The summed E-state index contributed by atoms with van der Waals surface area (Å²) < 4.78 is 45.0. The number of halogens is 5. The molecule has 1 radical (unpaired) electrons. The van der Waals surface area contributed by atoms with Crippen molar-refractivity contribution in [3.8, 4) is 17.2 Å². The van der Waals surface area contributed by atoms with Crippen LogP contribution in [-0.2, 0) is 0 Å². The van der Waals surface area contributed by atoms with Gasteiger partial charge in [-0.3, -0.25) is 0 Å². The van der Waals surface area contributed by atoms with E-state index in [9.17, 15) is 13.2 Å². The maximum atomic E-state index is 12.0. The number of hydrogen-bond donors (Lipinski definition) is 0. The van der Waals surface area contributed by atoms with Crippen molar-refractivity contribution in [2.45, 2.75) is 6.36 Å². The van der Waals surface area contributed by atoms with E-state index in [2.05, 4.69) is 10.8 Å². The molecule has 0 aromatic heterocycles. The molecule has 0 fully saturated rings. The Bertz CT molecular complexity index is 598. The lowest BCUT2D eigenvalue weighted by molar-refractivity contribution is -0.274. The molecule has 0 aliphatic carbocycles. The van der Waals surface area contributed by atoms with Crippen LogP contribution in [0.1, 0.15) is 0 Å². The van der Waals surface area contributed by atoms with Gasteiger partial charge in [0.25, 0.3) is 0 Å². The summed E-state index contributed by atoms with van der Waals surface area (Å²) in [6, 6.07) is 10.7. The lowest BCUT2D eigenvalue weighted by Crippen LogP contribution is -2.16. The van der Waals surface area contributed by atoms with Crippen LogP contribution in [-0.4, -0.2) is 6.36 Å². The first-order valence-electron chi connectivity index (χ1n) is 5.24. The normalized spacial score (nSPS) is 11.2. The molecule has 0 aliphatic rings. The van der Waals surface area contributed by atoms with Crippen LogP contribution in [0.25, 0.3) is 0 Å². The van der Waals surface area contributed by atoms with Gasteiger partial charge in [-0.15, -0.1) is 13.2 Å². The topological polar surface area (TPSA) is 18.5 Å². The average Bonchev–Trinajstić information content (AvgIpc) is 2.35. The van der Waals surface area contributed by atoms with Crippen LogP contribution in [0.4, 0.5) is 13.2 Å². The highest BCUT2D eigenvalue weighted by atomic mass is 35.5. The molecule has 0 saturated carbocycles. The molecule has 2 aromatic rings. The Morgan fingerprint density at radius 2 is 1.80 bits per heavy atom. The van der Waals surface area contributed by atoms with Crippen molar-refractivity contribution in [3.63, 3.8) is 0 Å². The van der Waals surface area contributed by atoms with Crippen LogP contribution in [0.2, 0.25) is 10.0 Å². The Balaban J connectivity index is 2.13. The van der Waals surface area contributed by atoms with Gasteiger partial charge < -0.3 is 9.47 Å². The van der Waals surface area contributed by atoms with Crippen molar-refractivity contribution >= 4 is 23.2 Å². The van der Waals surface area contributed by atoms with Crippen molar-refractivity contribution < 1.29 is 22.6 Å². The predicted molar refractivity (Wildman–Crippen MR) is 68.5 cm³/mol. The second-order valence-corrected chi connectivity index (χ2v) is 4.38. The molecule has 0 unspecified atom stereocenters. The van der Waals surface area contributed by atoms with Gasteiger partial charge in [0.2, 0.25) is 0 Å². The molecule has 105 valence electrons. The van der Waals surface area contributed by atoms with Crippen molar-refractivity contribution in [2.24, 2.45) is 0 Å². The zero-order chi connectivity index (χ0) is 14.8. The van der Waals surface area contributed by atoms with E-state index in [1.165, 1.54) is 6.07 Å². The van der Waals surface area contributed by atoms with Crippen LogP contribution < -0.4 is 9.47 Å². The summed E-state index contributed by atoms with van der Waals surface area (Å²) in [5.41, 5.74) is 0. The summed E-state index contributed by atoms with van der Waals surface area (Å²) in [7, 11) is 0. The summed E-state index contributed by atoms with van der Waals surface area (Å²) in [4.78, 5) is 0. The van der Waals surface area contributed by atoms with Gasteiger partial charge in [0, 0.05) is 6.07 Å². The molecule has 2 aromatic carbocycles. The van der Waals surface area contributed by atoms with E-state index in [-0.39, 0.29) is 22.3 Å². The molecule has 20 heavy (non-hydrogen) atoms. The summed E-state index contributed by atoms with van der Waals surface area (Å²) >= 11 is 11.7. The Hall–Kier alpha value is -1.59. The van der Waals surface area contributed by atoms with Crippen LogP contribution >= 0.6 is 23.2 Å². The van der Waals surface area contributed by atoms with Gasteiger partial charge in [0.1, 0.15) is 22.3 Å². The van der Waals surface area contributed by atoms with Crippen molar-refractivity contribution in [1.29, 1.82) is 0 Å². The van der Waals surface area contributed by atoms with Crippen molar-refractivity contribution in [2.75, 3.05) is 0 Å². The Kier molecular flexibility index (Phi) is 4.30. The summed E-state index contributed by atoms with van der Waals surface area (Å²) in [5, 5.41) is 0.513. The van der Waals surface area contributed by atoms with Gasteiger partial charge in [0.05, 0.1) is 5.02 Å². The summed E-state index contributed by atoms with van der Waals surface area (Å²) in [5.74, 6) is 0.0747. The fraction of sp³-hybridized carbons (Fsp3) is 0.0769. The van der Waals surface area contributed by atoms with Crippen LogP contribution in [0.3, 0.4) is 0 Å². The zero-order valence-corrected chi connectivity index (χ0v) is 11.2. The predicted octanol–water partition coefficient (Wildman–Crippen LogP) is 5.48. The molecule has 0 bridgehead atoms. The molecule has 0 saturated heterocycles. The van der Waals surface area contributed by atoms with E-state index < -0.39 is 6.36 Å². The quantitative estimate of drug-likeness (QED) is 0.744. The van der Waals surface area contributed by atoms with E-state index in [0.717, 1.165) is 12.1 Å². The highest BCUT2D eigenvalue weighted by Gasteiger charge is 2.31. The first kappa shape index (κ1) is 14.8. The first-order chi connectivity index (χ1) is 9.35. The average molecular weight is 322 g/mol. The third-order valence-electron chi connectivity index (χ3n) is 2.13. The monoisotopic (exact) mass is 321 g/mol. The molecular formula is C13H6Cl2F3O2. The lowest BCUT2D eigenvalue weighted by Gasteiger charge is -2.10. The molecule has 0 N–H and O–H groups in total. The summed E-state index contributed by atoms with van der Waals surface area (Å²) in [6.45, 7) is 0. The number of rotatable bonds is 3. The fourth-order valence-corrected chi connectivity index (χ4v) is 1.67. The minimum Gasteiger partial charge on any atom is -0.455 e. The van der Waals surface area contributed by atoms with Crippen LogP contribution in [0.5, 0.6) is 17.2 Å². The van der Waals surface area contributed by atoms with E-state index in [4.69, 9.17) is 27.9 Å². The molecule has 0 atom stereocenters. The maximum Gasteiger partial charge on any atom is 0.573 e. The second-order valence-electron chi connectivity index (χ2n) is 3.59. The van der Waals surface area contributed by atoms with Gasteiger partial charge in [-0.1, -0.05) is 29.3 Å². The Morgan fingerprint density at radius 3 is 2.40 bits per heavy atom. The highest BCUT2D eigenvalue weighted by molar-refractivity contribution is 6.42. The largest absolute Gasteiger partial charge is 0.573 e. The third kappa shape index (κ3) is 3.95. The van der Waals surface area contributed by atoms with E-state index in [1.54, 1.807) is 18.2 Å². The molecule has 0 spiro atoms. The van der Waals surface area contributed by atoms with E-state index in [0.29, 0.717) is 5.02 Å². The fourth-order valence-electron chi connectivity index (χ4n) is 1.34. The second kappa shape index (κ2) is 5.81. The van der Waals surface area contributed by atoms with Gasteiger partial charge in [0.15, 0.2) is 0 Å². The minimum absolute atomic E-state index is 0.184. The van der Waals surface area contributed by atoms with E-state index >= 15 is 0 Å². The highest BCUT2D eigenvalue weighted by Crippen LogP contribution is 2.35. The third-order valence-corrected chi connectivity index (χ3v) is 2.93. The molecule has 2 rings (SSSR count). The smallest absolute Gasteiger partial charge is 0.455 e. The molecule has 7 heteroatoms. The summed E-state index contributed by atoms with van der Waals surface area (Å²) in [6.07, 6.45) is -4.74. The minimum atomic E-state index is -4.74. The molecular weight excluding hydrogens is 316 g/mol. The van der Waals surface area contributed by atoms with Gasteiger partial charge in [-0.2, -0.15) is 0 Å². The lowest BCUT2D eigenvalue weighted by atomic mass is 10.3. The molecule has 0 aliphatic heterocycles. The van der Waals surface area contributed by atoms with Crippen molar-refractivity contribution in [3.05, 3.63) is 52.5 Å². The number of benzene rings is 2. The van der Waals surface area contributed by atoms with Gasteiger partial charge in [-0.25, -0.2) is 0 Å². The Morgan fingerprint density at radius 1 is 1.05 bits per heavy atom. The van der Waals surface area contributed by atoms with Crippen molar-refractivity contribution in [1.82, 2.24) is 0 Å². The zero-order valence-electron chi connectivity index (χ0n) is 9.67. The van der Waals surface area contributed by atoms with Gasteiger partial charge in [-0.05, 0) is 30.3 Å². The van der Waals surface area contributed by atoms with Crippen LogP contribution in [0, 0.1) is 6.07 Å². The molecule has 2 nitrogen and oxygen atoms in total. The molecule has 0 heterocycles. The Labute approximate surface area is 122 Å². The number of hydrogen-bond acceptors (Lipinski definition) is 2. The standard InChI is InChI=1S/C13H6Cl2F3O2/c14-10-2-1-3-11(12(10)15)19-8-4-6-9(7-5-8)20-13(16,17)18/h1-4,6-7H. The maximum absolute atomic E-state index is 12.0. The number of ether oxygens (including phenoxy) is 2. The first-order valence-corrected chi connectivity index (χ1v) is 6.00. The van der Waals surface area contributed by atoms with Gasteiger partial charge >= 0.3 is 6.36 Å². The SMILES string of the molecule is FC(F)(F)Oc1c[c]c(Oc2cccc(Cl)c2Cl)cc1. The molecule has 0 amide bonds. The van der Waals surface area contributed by atoms with Crippen LogP contribution in [0.15, 0.2) is 36.4 Å². The number of alkyl halides is 3.